The molecular formula is C36H49N7O6. The fourth-order valence-electron chi connectivity index (χ4n) is 3.77. The van der Waals surface area contributed by atoms with Gasteiger partial charge in [-0.3, -0.25) is 4.98 Å². The zero-order valence-electron chi connectivity index (χ0n) is 30.5. The summed E-state index contributed by atoms with van der Waals surface area (Å²) in [4.78, 5) is 66.9. The van der Waals surface area contributed by atoms with E-state index in [4.69, 9.17) is 14.7 Å². The van der Waals surface area contributed by atoms with Crippen molar-refractivity contribution in [3.05, 3.63) is 100 Å². The lowest BCUT2D eigenvalue weighted by Gasteiger charge is -2.07. The number of carboxylic acid groups (broad SMARTS) is 1. The first kappa shape index (κ1) is 43.7. The van der Waals surface area contributed by atoms with Crippen LogP contribution in [0.5, 0.6) is 0 Å². The lowest BCUT2D eigenvalue weighted by molar-refractivity contribution is -0.191. The number of ether oxygens (including phenoxy) is 1. The second-order valence-electron chi connectivity index (χ2n) is 11.9. The number of carboxylic acids is 1. The van der Waals surface area contributed by atoms with Gasteiger partial charge in [-0.15, -0.1) is 0 Å². The predicted molar refractivity (Wildman–Crippen MR) is 184 cm³/mol. The number of methoxy groups -OCH3 is 1. The number of aromatic nitrogens is 7. The van der Waals surface area contributed by atoms with Gasteiger partial charge in [-0.05, 0) is 62.4 Å². The van der Waals surface area contributed by atoms with Crippen LogP contribution >= 0.6 is 0 Å². The summed E-state index contributed by atoms with van der Waals surface area (Å²) < 4.78 is 4.60. The molecule has 13 nitrogen and oxygen atoms in total. The quantitative estimate of drug-likeness (QED) is 0.210. The minimum Gasteiger partial charge on any atom is -0.478 e. The Labute approximate surface area is 289 Å². The fraction of sp³-hybridized carbons (Fsp3) is 0.444. The van der Waals surface area contributed by atoms with E-state index in [-0.39, 0.29) is 18.0 Å². The van der Waals surface area contributed by atoms with Crippen LogP contribution in [-0.4, -0.2) is 65.2 Å². The molecule has 0 saturated heterocycles. The van der Waals surface area contributed by atoms with E-state index in [0.717, 1.165) is 34.2 Å². The molecule has 0 amide bonds. The van der Waals surface area contributed by atoms with E-state index < -0.39 is 11.9 Å². The van der Waals surface area contributed by atoms with Crippen LogP contribution in [0.25, 0.3) is 0 Å². The van der Waals surface area contributed by atoms with E-state index >= 15 is 0 Å². The number of pyridine rings is 1. The van der Waals surface area contributed by atoms with E-state index in [0.29, 0.717) is 28.9 Å². The van der Waals surface area contributed by atoms with Gasteiger partial charge < -0.3 is 9.84 Å². The maximum absolute atomic E-state index is 11.2. The van der Waals surface area contributed by atoms with E-state index in [1.165, 1.54) is 19.4 Å². The molecular weight excluding hydrogens is 626 g/mol. The second-order valence-corrected chi connectivity index (χ2v) is 11.9. The number of aromatic carboxylic acids is 1. The maximum atomic E-state index is 11.2. The Morgan fingerprint density at radius 1 is 0.714 bits per heavy atom. The molecule has 0 fully saturated rings. The van der Waals surface area contributed by atoms with Crippen LogP contribution in [0.3, 0.4) is 0 Å². The summed E-state index contributed by atoms with van der Waals surface area (Å²) in [5.41, 5.74) is 5.45. The summed E-state index contributed by atoms with van der Waals surface area (Å²) in [6.07, 6.45) is 6.70. The Morgan fingerprint density at radius 3 is 1.57 bits per heavy atom. The lowest BCUT2D eigenvalue weighted by Crippen LogP contribution is -2.09. The van der Waals surface area contributed by atoms with Crippen molar-refractivity contribution >= 4 is 18.1 Å². The van der Waals surface area contributed by atoms with E-state index in [1.807, 2.05) is 60.6 Å². The van der Waals surface area contributed by atoms with Gasteiger partial charge in [0.1, 0.15) is 18.0 Å². The minimum absolute atomic E-state index is 0.199. The molecule has 0 unspecified atom stereocenters. The van der Waals surface area contributed by atoms with Crippen molar-refractivity contribution in [2.75, 3.05) is 7.11 Å². The van der Waals surface area contributed by atoms with Crippen molar-refractivity contribution in [1.82, 2.24) is 34.9 Å². The molecule has 0 atom stereocenters. The SMILES string of the molecule is CC(C)c1ccncn1.CC(C)c1cnccc1C(=O)O.COC(=O)c1cc(C)nc(C(C)C)n1.Cc1cc(C)nc(C(C)C)n1.O=C=O. The number of hydrogen-bond donors (Lipinski definition) is 1. The lowest BCUT2D eigenvalue weighted by atomic mass is 10.00. The highest BCUT2D eigenvalue weighted by molar-refractivity contribution is 5.89. The maximum Gasteiger partial charge on any atom is 0.373 e. The third-order valence-electron chi connectivity index (χ3n) is 6.20. The minimum atomic E-state index is -0.888. The van der Waals surface area contributed by atoms with Gasteiger partial charge in [0.2, 0.25) is 0 Å². The van der Waals surface area contributed by atoms with Crippen LogP contribution in [0.1, 0.15) is 140 Å². The van der Waals surface area contributed by atoms with Crippen LogP contribution in [-0.2, 0) is 14.3 Å². The number of rotatable bonds is 6. The molecule has 4 aromatic rings. The van der Waals surface area contributed by atoms with Gasteiger partial charge in [0, 0.05) is 53.2 Å². The Balaban J connectivity index is 0.000000615. The van der Waals surface area contributed by atoms with E-state index in [1.54, 1.807) is 24.8 Å². The van der Waals surface area contributed by atoms with Crippen molar-refractivity contribution in [1.29, 1.82) is 0 Å². The molecule has 0 aromatic carbocycles. The topological polar surface area (TPSA) is 188 Å². The average Bonchev–Trinajstić information content (AvgIpc) is 3.05. The first-order chi connectivity index (χ1) is 23.0. The van der Waals surface area contributed by atoms with Gasteiger partial charge in [0.05, 0.1) is 12.7 Å². The Hall–Kier alpha value is -5.29. The Bertz CT molecular complexity index is 1600. The monoisotopic (exact) mass is 675 g/mol. The zero-order valence-corrected chi connectivity index (χ0v) is 30.5. The highest BCUT2D eigenvalue weighted by Crippen LogP contribution is 2.17. The number of nitrogens with zero attached hydrogens (tertiary/aromatic N) is 7. The van der Waals surface area contributed by atoms with Crippen LogP contribution in [0.2, 0.25) is 0 Å². The predicted octanol–water partition coefficient (Wildman–Crippen LogP) is 6.83. The molecule has 0 saturated carbocycles. The molecule has 0 spiro atoms. The molecule has 1 N–H and O–H groups in total. The summed E-state index contributed by atoms with van der Waals surface area (Å²) in [7, 11) is 1.34. The van der Waals surface area contributed by atoms with Crippen LogP contribution in [0.4, 0.5) is 0 Å². The molecule has 0 aliphatic carbocycles. The van der Waals surface area contributed by atoms with E-state index in [9.17, 15) is 9.59 Å². The molecule has 0 radical (unpaired) electrons. The normalized spacial score (nSPS) is 9.88. The van der Waals surface area contributed by atoms with Crippen LogP contribution < -0.4 is 0 Å². The summed E-state index contributed by atoms with van der Waals surface area (Å²) in [5.74, 6) is 1.65. The van der Waals surface area contributed by atoms with E-state index in [2.05, 4.69) is 67.3 Å². The van der Waals surface area contributed by atoms with Gasteiger partial charge in [-0.2, -0.15) is 9.59 Å². The van der Waals surface area contributed by atoms with Crippen molar-refractivity contribution in [3.8, 4) is 0 Å². The summed E-state index contributed by atoms with van der Waals surface area (Å²) in [6, 6.07) is 7.08. The summed E-state index contributed by atoms with van der Waals surface area (Å²) in [5, 5.41) is 8.79. The molecule has 0 bridgehead atoms. The smallest absolute Gasteiger partial charge is 0.373 e. The summed E-state index contributed by atoms with van der Waals surface area (Å²) in [6.45, 7) is 22.1. The molecule has 0 aliphatic heterocycles. The highest BCUT2D eigenvalue weighted by Gasteiger charge is 2.13. The van der Waals surface area contributed by atoms with Crippen molar-refractivity contribution < 1.29 is 29.0 Å². The molecule has 4 rings (SSSR count). The number of esters is 1. The first-order valence-electron chi connectivity index (χ1n) is 15.7. The van der Waals surface area contributed by atoms with Gasteiger partial charge in [0.15, 0.2) is 5.69 Å². The van der Waals surface area contributed by atoms with Crippen molar-refractivity contribution in [2.45, 2.75) is 99.8 Å². The Morgan fingerprint density at radius 2 is 1.20 bits per heavy atom. The molecule has 0 aliphatic rings. The molecule has 264 valence electrons. The standard InChI is InChI=1S/C10H14N2O2.C9H14N2.C9H11NO2.C7H10N2.CO2/c1-6(2)9-11-7(3)5-8(12-9)10(13)14-4;1-6(2)9-10-7(3)5-8(4)11-9;1-6(2)8-5-10-4-3-7(8)9(11)12;1-6(2)7-3-4-8-5-9-7;2-1-3/h5-6H,1-4H3;5-6H,1-4H3;3-6H,1-2H3,(H,11,12);3-6H,1-2H3;. The summed E-state index contributed by atoms with van der Waals surface area (Å²) >= 11 is 0. The average molecular weight is 676 g/mol. The van der Waals surface area contributed by atoms with Crippen molar-refractivity contribution in [2.24, 2.45) is 0 Å². The zero-order chi connectivity index (χ0) is 37.7. The molecule has 13 heteroatoms. The number of aryl methyl sites for hydroxylation is 3. The van der Waals surface area contributed by atoms with Gasteiger partial charge in [-0.25, -0.2) is 39.5 Å². The van der Waals surface area contributed by atoms with Gasteiger partial charge in [-0.1, -0.05) is 55.4 Å². The third-order valence-corrected chi connectivity index (χ3v) is 6.20. The van der Waals surface area contributed by atoms with Crippen LogP contribution in [0, 0.1) is 20.8 Å². The van der Waals surface area contributed by atoms with Crippen LogP contribution in [0.15, 0.2) is 49.2 Å². The first-order valence-corrected chi connectivity index (χ1v) is 15.7. The van der Waals surface area contributed by atoms with Gasteiger partial charge in [0.25, 0.3) is 0 Å². The number of hydrogen-bond acceptors (Lipinski definition) is 12. The molecule has 49 heavy (non-hydrogen) atoms. The largest absolute Gasteiger partial charge is 0.478 e. The molecule has 4 heterocycles. The third kappa shape index (κ3) is 17.4. The van der Waals surface area contributed by atoms with Gasteiger partial charge >= 0.3 is 18.1 Å². The highest BCUT2D eigenvalue weighted by atomic mass is 16.5. The number of carbonyl (C=O) groups excluding carboxylic acids is 3. The second kappa shape index (κ2) is 23.1. The Kier molecular flexibility index (Phi) is 20.6. The van der Waals surface area contributed by atoms with Crippen molar-refractivity contribution in [3.63, 3.8) is 0 Å². The number of carbonyl (C=O) groups is 2. The fourth-order valence-corrected chi connectivity index (χ4v) is 3.77. The molecule has 4 aromatic heterocycles.